The zero-order valence-corrected chi connectivity index (χ0v) is 18.2. The molecule has 0 unspecified atom stereocenters. The summed E-state index contributed by atoms with van der Waals surface area (Å²) >= 11 is 0. The number of hydrogen-bond donors (Lipinski definition) is 0. The summed E-state index contributed by atoms with van der Waals surface area (Å²) in [6, 6.07) is 5.41. The summed E-state index contributed by atoms with van der Waals surface area (Å²) in [4.78, 5) is 17.0. The number of carbonyl (C=O) groups is 1. The van der Waals surface area contributed by atoms with Crippen LogP contribution in [0.25, 0.3) is 0 Å². The summed E-state index contributed by atoms with van der Waals surface area (Å²) in [5, 5.41) is 0. The van der Waals surface area contributed by atoms with Crippen LogP contribution in [0.2, 0.25) is 0 Å². The summed E-state index contributed by atoms with van der Waals surface area (Å²) in [5.41, 5.74) is 0.270. The van der Waals surface area contributed by atoms with Crippen molar-refractivity contribution in [3.05, 3.63) is 18.2 Å². The molecule has 2 aliphatic rings. The van der Waals surface area contributed by atoms with Crippen LogP contribution in [0, 0.1) is 5.92 Å². The first-order chi connectivity index (χ1) is 13.0. The van der Waals surface area contributed by atoms with E-state index in [9.17, 15) is 4.79 Å². The molecule has 0 spiro atoms. The van der Waals surface area contributed by atoms with Crippen LogP contribution < -0.4 is 14.2 Å². The van der Waals surface area contributed by atoms with Gasteiger partial charge < -0.3 is 19.1 Å². The molecular weight excluding hydrogens is 380 g/mol. The third kappa shape index (κ3) is 5.23. The topological polar surface area (TPSA) is 51.2 Å². The Bertz CT molecular complexity index is 656. The lowest BCUT2D eigenvalue weighted by Gasteiger charge is -2.44. The van der Waals surface area contributed by atoms with Crippen molar-refractivity contribution >= 4 is 18.3 Å². The summed E-state index contributed by atoms with van der Waals surface area (Å²) in [7, 11) is 3.19. The lowest BCUT2D eigenvalue weighted by atomic mass is 9.95. The van der Waals surface area contributed by atoms with Crippen LogP contribution >= 0.6 is 12.4 Å². The second-order valence-electron chi connectivity index (χ2n) is 7.91. The van der Waals surface area contributed by atoms with Crippen LogP contribution in [0.1, 0.15) is 33.1 Å². The van der Waals surface area contributed by atoms with E-state index in [4.69, 9.17) is 14.2 Å². The molecule has 6 nitrogen and oxygen atoms in total. The Kier molecular flexibility index (Phi) is 7.84. The van der Waals surface area contributed by atoms with Gasteiger partial charge in [0, 0.05) is 37.8 Å². The second-order valence-corrected chi connectivity index (χ2v) is 7.91. The molecule has 1 aromatic rings. The molecule has 0 bridgehead atoms. The maximum atomic E-state index is 12.5. The highest BCUT2D eigenvalue weighted by molar-refractivity contribution is 5.85. The van der Waals surface area contributed by atoms with E-state index < -0.39 is 0 Å². The minimum Gasteiger partial charge on any atom is -0.493 e. The lowest BCUT2D eigenvalue weighted by Crippen LogP contribution is -2.56. The van der Waals surface area contributed by atoms with Crippen molar-refractivity contribution in [2.24, 2.45) is 5.92 Å². The third-order valence-electron chi connectivity index (χ3n) is 5.96. The fourth-order valence-electron chi connectivity index (χ4n) is 3.90. The Balaban J connectivity index is 0.00000280. The average molecular weight is 413 g/mol. The van der Waals surface area contributed by atoms with Crippen LogP contribution in [-0.4, -0.2) is 68.3 Å². The van der Waals surface area contributed by atoms with Gasteiger partial charge in [0.05, 0.1) is 27.2 Å². The van der Waals surface area contributed by atoms with E-state index in [-0.39, 0.29) is 23.9 Å². The summed E-state index contributed by atoms with van der Waals surface area (Å²) in [6.07, 6.45) is 3.08. The Morgan fingerprint density at radius 2 is 1.71 bits per heavy atom. The molecule has 3 rings (SSSR count). The molecule has 1 aromatic carbocycles. The summed E-state index contributed by atoms with van der Waals surface area (Å²) in [5.74, 6) is 2.95. The molecule has 2 fully saturated rings. The van der Waals surface area contributed by atoms with Crippen molar-refractivity contribution in [3.63, 3.8) is 0 Å². The zero-order chi connectivity index (χ0) is 19.4. The fourth-order valence-corrected chi connectivity index (χ4v) is 3.90. The number of carbonyl (C=O) groups excluding carboxylic acids is 1. The van der Waals surface area contributed by atoms with Crippen molar-refractivity contribution in [2.75, 3.05) is 47.0 Å². The van der Waals surface area contributed by atoms with Gasteiger partial charge in [-0.3, -0.25) is 9.69 Å². The number of benzene rings is 1. The van der Waals surface area contributed by atoms with Gasteiger partial charge in [-0.25, -0.2) is 0 Å². The van der Waals surface area contributed by atoms with Gasteiger partial charge in [0.2, 0.25) is 5.91 Å². The van der Waals surface area contributed by atoms with Crippen LogP contribution in [0.3, 0.4) is 0 Å². The molecule has 1 aliphatic carbocycles. The van der Waals surface area contributed by atoms with Crippen molar-refractivity contribution in [1.82, 2.24) is 9.80 Å². The molecule has 0 N–H and O–H groups in total. The van der Waals surface area contributed by atoms with Crippen molar-refractivity contribution in [1.29, 1.82) is 0 Å². The van der Waals surface area contributed by atoms with Gasteiger partial charge in [-0.2, -0.15) is 0 Å². The molecule has 1 heterocycles. The van der Waals surface area contributed by atoms with E-state index >= 15 is 0 Å². The maximum Gasteiger partial charge on any atom is 0.226 e. The first-order valence-electron chi connectivity index (χ1n) is 9.83. The minimum atomic E-state index is 0. The number of hydrogen-bond acceptors (Lipinski definition) is 5. The normalized spacial score (nSPS) is 17.6. The number of ether oxygens (including phenoxy) is 3. The standard InChI is InChI=1S/C21H32N2O4.ClH/c1-21(2,16-5-6-16)23-12-10-22(11-13-23)20(24)9-14-27-17-7-8-18(25-3)19(15-17)26-4;/h7-8,15-16H,5-6,9-14H2,1-4H3;1H. The SMILES string of the molecule is COc1ccc(OCCC(=O)N2CCN(C(C)(C)C3CC3)CC2)cc1OC.Cl. The summed E-state index contributed by atoms with van der Waals surface area (Å²) < 4.78 is 16.2. The van der Waals surface area contributed by atoms with Crippen molar-refractivity contribution in [3.8, 4) is 17.2 Å². The van der Waals surface area contributed by atoms with Gasteiger partial charge in [-0.1, -0.05) is 0 Å². The number of halogens is 1. The zero-order valence-electron chi connectivity index (χ0n) is 17.4. The van der Waals surface area contributed by atoms with Crippen molar-refractivity contribution in [2.45, 2.75) is 38.6 Å². The van der Waals surface area contributed by atoms with Gasteiger partial charge in [0.15, 0.2) is 11.5 Å². The number of methoxy groups -OCH3 is 2. The summed E-state index contributed by atoms with van der Waals surface area (Å²) in [6.45, 7) is 8.61. The van der Waals surface area contributed by atoms with Crippen LogP contribution in [0.15, 0.2) is 18.2 Å². The molecule has 1 saturated heterocycles. The van der Waals surface area contributed by atoms with E-state index in [1.807, 2.05) is 11.0 Å². The molecule has 1 amide bonds. The first kappa shape index (κ1) is 22.6. The first-order valence-corrected chi connectivity index (χ1v) is 9.83. The molecular formula is C21H33ClN2O4. The Morgan fingerprint density at radius 1 is 1.07 bits per heavy atom. The molecule has 28 heavy (non-hydrogen) atoms. The fraction of sp³-hybridized carbons (Fsp3) is 0.667. The van der Waals surface area contributed by atoms with Gasteiger partial charge in [0.1, 0.15) is 5.75 Å². The Hall–Kier alpha value is -1.66. The van der Waals surface area contributed by atoms with Gasteiger partial charge >= 0.3 is 0 Å². The maximum absolute atomic E-state index is 12.5. The molecule has 7 heteroatoms. The molecule has 0 radical (unpaired) electrons. The van der Waals surface area contributed by atoms with E-state index in [0.717, 1.165) is 32.1 Å². The van der Waals surface area contributed by atoms with Gasteiger partial charge in [-0.05, 0) is 44.7 Å². The second kappa shape index (κ2) is 9.70. The smallest absolute Gasteiger partial charge is 0.226 e. The van der Waals surface area contributed by atoms with Gasteiger partial charge in [-0.15, -0.1) is 12.4 Å². The van der Waals surface area contributed by atoms with Gasteiger partial charge in [0.25, 0.3) is 0 Å². The van der Waals surface area contributed by atoms with E-state index in [0.29, 0.717) is 30.3 Å². The van der Waals surface area contributed by atoms with Crippen LogP contribution in [-0.2, 0) is 4.79 Å². The molecule has 0 atom stereocenters. The largest absolute Gasteiger partial charge is 0.493 e. The van der Waals surface area contributed by atoms with Crippen LogP contribution in [0.5, 0.6) is 17.2 Å². The minimum absolute atomic E-state index is 0. The number of nitrogens with zero attached hydrogens (tertiary/aromatic N) is 2. The average Bonchev–Trinajstić information content (AvgIpc) is 3.53. The molecule has 0 aromatic heterocycles. The van der Waals surface area contributed by atoms with Crippen LogP contribution in [0.4, 0.5) is 0 Å². The van der Waals surface area contributed by atoms with E-state index in [1.165, 1.54) is 12.8 Å². The number of rotatable bonds is 8. The van der Waals surface area contributed by atoms with E-state index in [1.54, 1.807) is 26.4 Å². The van der Waals surface area contributed by atoms with E-state index in [2.05, 4.69) is 18.7 Å². The molecule has 1 aliphatic heterocycles. The number of amides is 1. The predicted molar refractivity (Wildman–Crippen MR) is 112 cm³/mol. The molecule has 158 valence electrons. The number of piperazine rings is 1. The van der Waals surface area contributed by atoms with Crippen molar-refractivity contribution < 1.29 is 19.0 Å². The highest BCUT2D eigenvalue weighted by atomic mass is 35.5. The highest BCUT2D eigenvalue weighted by Crippen LogP contribution is 2.43. The molecule has 1 saturated carbocycles. The predicted octanol–water partition coefficient (Wildman–Crippen LogP) is 3.23. The Morgan fingerprint density at radius 3 is 2.29 bits per heavy atom. The third-order valence-corrected chi connectivity index (χ3v) is 5.96. The Labute approximate surface area is 174 Å². The highest BCUT2D eigenvalue weighted by Gasteiger charge is 2.42. The monoisotopic (exact) mass is 412 g/mol. The quantitative estimate of drug-likeness (QED) is 0.656. The lowest BCUT2D eigenvalue weighted by molar-refractivity contribution is -0.134.